The summed E-state index contributed by atoms with van der Waals surface area (Å²) in [6.45, 7) is 1.75. The molecule has 0 amide bonds. The second-order valence-corrected chi connectivity index (χ2v) is 6.55. The molecule has 1 aliphatic rings. The largest absolute Gasteiger partial charge is 0.497 e. The maximum absolute atomic E-state index is 5.76. The maximum Gasteiger partial charge on any atom is 0.174 e. The lowest BCUT2D eigenvalue weighted by molar-refractivity contribution is 0.293. The Bertz CT molecular complexity index is 892. The summed E-state index contributed by atoms with van der Waals surface area (Å²) in [5.41, 5.74) is 3.37. The lowest BCUT2D eigenvalue weighted by atomic mass is 10.0. The van der Waals surface area contributed by atoms with Gasteiger partial charge in [0.15, 0.2) is 5.11 Å². The van der Waals surface area contributed by atoms with Gasteiger partial charge in [-0.3, -0.25) is 4.98 Å². The number of nitrogens with zero attached hydrogens (tertiary/aromatic N) is 3. The molecule has 1 aromatic carbocycles. The van der Waals surface area contributed by atoms with Gasteiger partial charge >= 0.3 is 0 Å². The smallest absolute Gasteiger partial charge is 0.174 e. The first kappa shape index (κ1) is 16.6. The van der Waals surface area contributed by atoms with Crippen molar-refractivity contribution in [1.29, 1.82) is 0 Å². The highest BCUT2D eigenvalue weighted by molar-refractivity contribution is 7.80. The van der Waals surface area contributed by atoms with E-state index < -0.39 is 0 Å². The van der Waals surface area contributed by atoms with E-state index in [2.05, 4.69) is 50.2 Å². The van der Waals surface area contributed by atoms with E-state index >= 15 is 0 Å². The van der Waals surface area contributed by atoms with Crippen molar-refractivity contribution in [3.63, 3.8) is 0 Å². The van der Waals surface area contributed by atoms with E-state index in [0.717, 1.165) is 24.5 Å². The van der Waals surface area contributed by atoms with Crippen molar-refractivity contribution in [3.05, 3.63) is 78.4 Å². The zero-order chi connectivity index (χ0) is 17.9. The van der Waals surface area contributed by atoms with Crippen molar-refractivity contribution in [2.24, 2.45) is 0 Å². The molecule has 1 N–H and O–H groups in total. The van der Waals surface area contributed by atoms with Crippen LogP contribution < -0.4 is 10.1 Å². The second kappa shape index (κ2) is 7.17. The number of methoxy groups -OCH3 is 1. The molecule has 0 aliphatic carbocycles. The molecule has 3 aromatic rings. The highest BCUT2D eigenvalue weighted by Gasteiger charge is 2.30. The quantitative estimate of drug-likeness (QED) is 0.718. The highest BCUT2D eigenvalue weighted by atomic mass is 32.1. The Hall–Kier alpha value is -2.86. The molecule has 6 heteroatoms. The molecule has 1 atom stereocenters. The van der Waals surface area contributed by atoms with Gasteiger partial charge in [0, 0.05) is 43.1 Å². The molecule has 0 fully saturated rings. The fourth-order valence-electron chi connectivity index (χ4n) is 3.37. The van der Waals surface area contributed by atoms with Crippen LogP contribution in [0.25, 0.3) is 0 Å². The van der Waals surface area contributed by atoms with Crippen molar-refractivity contribution in [3.8, 4) is 5.75 Å². The fourth-order valence-corrected chi connectivity index (χ4v) is 3.68. The molecule has 4 rings (SSSR count). The summed E-state index contributed by atoms with van der Waals surface area (Å²) in [5, 5.41) is 4.08. The fraction of sp³-hybridized carbons (Fsp3) is 0.200. The molecular formula is C20H20N4OS. The number of aromatic nitrogens is 2. The minimum absolute atomic E-state index is 0.0694. The van der Waals surface area contributed by atoms with Crippen LogP contribution in [0, 0.1) is 0 Å². The lowest BCUT2D eigenvalue weighted by Gasteiger charge is -2.39. The van der Waals surface area contributed by atoms with Gasteiger partial charge in [-0.15, -0.1) is 0 Å². The number of benzene rings is 1. The lowest BCUT2D eigenvalue weighted by Crippen LogP contribution is -2.44. The minimum atomic E-state index is 0.0694. The number of pyridine rings is 1. The van der Waals surface area contributed by atoms with Gasteiger partial charge in [-0.25, -0.2) is 0 Å². The number of hydrogen-bond acceptors (Lipinski definition) is 3. The van der Waals surface area contributed by atoms with Crippen LogP contribution >= 0.6 is 12.2 Å². The molecule has 2 aromatic heterocycles. The van der Waals surface area contributed by atoms with Crippen LogP contribution in [0.3, 0.4) is 0 Å². The number of nitrogens with one attached hydrogen (secondary N) is 1. The molecule has 0 bridgehead atoms. The Kier molecular flexibility index (Phi) is 4.58. The summed E-state index contributed by atoms with van der Waals surface area (Å²) in [7, 11) is 1.66. The van der Waals surface area contributed by atoms with E-state index in [0.29, 0.717) is 5.11 Å². The van der Waals surface area contributed by atoms with Gasteiger partial charge in [-0.2, -0.15) is 0 Å². The average Bonchev–Trinajstić information content (AvgIpc) is 3.17. The van der Waals surface area contributed by atoms with Crippen molar-refractivity contribution in [2.75, 3.05) is 19.0 Å². The molecule has 3 heterocycles. The van der Waals surface area contributed by atoms with Gasteiger partial charge < -0.3 is 19.5 Å². The Labute approximate surface area is 158 Å². The van der Waals surface area contributed by atoms with E-state index in [9.17, 15) is 0 Å². The third-order valence-corrected chi connectivity index (χ3v) is 5.00. The van der Waals surface area contributed by atoms with E-state index in [1.165, 1.54) is 11.3 Å². The van der Waals surface area contributed by atoms with E-state index in [4.69, 9.17) is 17.0 Å². The summed E-state index contributed by atoms with van der Waals surface area (Å²) >= 11 is 5.76. The van der Waals surface area contributed by atoms with Gasteiger partial charge in [0.1, 0.15) is 5.75 Å². The molecule has 0 radical (unpaired) electrons. The van der Waals surface area contributed by atoms with E-state index in [1.54, 1.807) is 7.11 Å². The molecule has 0 spiro atoms. The number of fused-ring (bicyclic) bond motifs is 1. The monoisotopic (exact) mass is 364 g/mol. The Balaban J connectivity index is 1.62. The summed E-state index contributed by atoms with van der Waals surface area (Å²) in [4.78, 5) is 6.39. The number of hydrogen-bond donors (Lipinski definition) is 1. The van der Waals surface area contributed by atoms with Crippen LogP contribution in [-0.4, -0.2) is 33.2 Å². The average molecular weight is 364 g/mol. The highest BCUT2D eigenvalue weighted by Crippen LogP contribution is 2.32. The zero-order valence-corrected chi connectivity index (χ0v) is 15.3. The maximum atomic E-state index is 5.76. The number of rotatable bonds is 3. The summed E-state index contributed by atoms with van der Waals surface area (Å²) in [5.74, 6) is 0.826. The Morgan fingerprint density at radius 3 is 2.62 bits per heavy atom. The molecule has 132 valence electrons. The SMILES string of the molecule is COc1ccc(NC(=S)N2CCn3cccc3[C@H]2c2ccncc2)cc1. The standard InChI is InChI=1S/C20H20N4OS/c1-25-17-6-4-16(5-7-17)22-20(26)24-14-13-23-12-2-3-18(23)19(24)15-8-10-21-11-9-15/h2-12,19H,13-14H2,1H3,(H,22,26)/t19-/m1/s1. The summed E-state index contributed by atoms with van der Waals surface area (Å²) in [6.07, 6.45) is 5.78. The Morgan fingerprint density at radius 1 is 1.12 bits per heavy atom. The molecule has 5 nitrogen and oxygen atoms in total. The first-order valence-electron chi connectivity index (χ1n) is 8.53. The van der Waals surface area contributed by atoms with Gasteiger partial charge in [0.2, 0.25) is 0 Å². The van der Waals surface area contributed by atoms with Gasteiger partial charge in [0.25, 0.3) is 0 Å². The first-order chi connectivity index (χ1) is 12.8. The molecular weight excluding hydrogens is 344 g/mol. The molecule has 26 heavy (non-hydrogen) atoms. The van der Waals surface area contributed by atoms with Crippen LogP contribution in [0.5, 0.6) is 5.75 Å². The van der Waals surface area contributed by atoms with Gasteiger partial charge in [0.05, 0.1) is 13.2 Å². The predicted molar refractivity (Wildman–Crippen MR) is 106 cm³/mol. The first-order valence-corrected chi connectivity index (χ1v) is 8.94. The minimum Gasteiger partial charge on any atom is -0.497 e. The topological polar surface area (TPSA) is 42.3 Å². The van der Waals surface area contributed by atoms with E-state index in [1.807, 2.05) is 36.7 Å². The van der Waals surface area contributed by atoms with Crippen LogP contribution in [0.2, 0.25) is 0 Å². The molecule has 0 unspecified atom stereocenters. The van der Waals surface area contributed by atoms with Crippen LogP contribution in [-0.2, 0) is 6.54 Å². The molecule has 1 aliphatic heterocycles. The summed E-state index contributed by atoms with van der Waals surface area (Å²) in [6, 6.07) is 16.2. The van der Waals surface area contributed by atoms with Crippen LogP contribution in [0.1, 0.15) is 17.3 Å². The number of thiocarbonyl (C=S) groups is 1. The van der Waals surface area contributed by atoms with Crippen molar-refractivity contribution < 1.29 is 4.74 Å². The number of anilines is 1. The van der Waals surface area contributed by atoms with Gasteiger partial charge in [-0.1, -0.05) is 0 Å². The van der Waals surface area contributed by atoms with Crippen LogP contribution in [0.15, 0.2) is 67.1 Å². The predicted octanol–water partition coefficient (Wildman–Crippen LogP) is 3.69. The molecule has 0 saturated carbocycles. The zero-order valence-electron chi connectivity index (χ0n) is 14.5. The molecule has 0 saturated heterocycles. The Morgan fingerprint density at radius 2 is 1.88 bits per heavy atom. The van der Waals surface area contributed by atoms with Crippen molar-refractivity contribution >= 4 is 23.0 Å². The van der Waals surface area contributed by atoms with Gasteiger partial charge in [-0.05, 0) is 66.3 Å². The summed E-state index contributed by atoms with van der Waals surface area (Å²) < 4.78 is 7.51. The van der Waals surface area contributed by atoms with Crippen molar-refractivity contribution in [2.45, 2.75) is 12.6 Å². The second-order valence-electron chi connectivity index (χ2n) is 6.16. The third kappa shape index (κ3) is 3.15. The van der Waals surface area contributed by atoms with Crippen LogP contribution in [0.4, 0.5) is 5.69 Å². The van der Waals surface area contributed by atoms with E-state index in [-0.39, 0.29) is 6.04 Å². The number of ether oxygens (including phenoxy) is 1. The van der Waals surface area contributed by atoms with Crippen molar-refractivity contribution in [1.82, 2.24) is 14.5 Å². The third-order valence-electron chi connectivity index (χ3n) is 4.66. The normalized spacial score (nSPS) is 16.0.